The average molecular weight is 275 g/mol. The monoisotopic (exact) mass is 275 g/mol. The second-order valence-electron chi connectivity index (χ2n) is 4.67. The van der Waals surface area contributed by atoms with Crippen molar-refractivity contribution in [2.75, 3.05) is 17.3 Å². The molecule has 20 heavy (non-hydrogen) atoms. The van der Waals surface area contributed by atoms with Gasteiger partial charge in [-0.15, -0.1) is 0 Å². The molecule has 108 valence electrons. The first-order valence-corrected chi connectivity index (χ1v) is 6.71. The third kappa shape index (κ3) is 3.24. The number of hydrogen-bond donors (Lipinski definition) is 3. The molecular formula is C13H21N7. The molecule has 0 aliphatic heterocycles. The maximum absolute atomic E-state index is 5.48. The lowest BCUT2D eigenvalue weighted by atomic mass is 10.3. The van der Waals surface area contributed by atoms with E-state index < -0.39 is 0 Å². The maximum Gasteiger partial charge on any atom is 0.148 e. The van der Waals surface area contributed by atoms with Gasteiger partial charge in [0.15, 0.2) is 0 Å². The van der Waals surface area contributed by atoms with Crippen molar-refractivity contribution in [2.24, 2.45) is 5.84 Å². The molecule has 2 aromatic rings. The van der Waals surface area contributed by atoms with Crippen molar-refractivity contribution in [3.63, 3.8) is 0 Å². The fourth-order valence-electron chi connectivity index (χ4n) is 1.91. The lowest BCUT2D eigenvalue weighted by Crippen LogP contribution is -2.17. The van der Waals surface area contributed by atoms with E-state index in [9.17, 15) is 0 Å². The highest BCUT2D eigenvalue weighted by Crippen LogP contribution is 2.19. The van der Waals surface area contributed by atoms with Gasteiger partial charge in [-0.05, 0) is 19.4 Å². The molecule has 0 aliphatic carbocycles. The van der Waals surface area contributed by atoms with E-state index in [1.807, 2.05) is 37.8 Å². The fourth-order valence-corrected chi connectivity index (χ4v) is 1.91. The predicted molar refractivity (Wildman–Crippen MR) is 79.4 cm³/mol. The Labute approximate surface area is 118 Å². The van der Waals surface area contributed by atoms with Crippen molar-refractivity contribution in [3.05, 3.63) is 29.3 Å². The molecule has 0 radical (unpaired) electrons. The minimum atomic E-state index is 0.661. The zero-order chi connectivity index (χ0) is 14.5. The third-order valence-electron chi connectivity index (χ3n) is 3.04. The molecule has 0 spiro atoms. The SMILES string of the molecule is CCc1nc(NN)c(C)c(NCCn2cc(C)cn2)n1. The molecular weight excluding hydrogens is 254 g/mol. The Morgan fingerprint density at radius 2 is 2.00 bits per heavy atom. The summed E-state index contributed by atoms with van der Waals surface area (Å²) in [6.45, 7) is 7.50. The largest absolute Gasteiger partial charge is 0.368 e. The number of nitrogens with two attached hydrogens (primary N) is 1. The molecule has 0 atom stereocenters. The van der Waals surface area contributed by atoms with Gasteiger partial charge >= 0.3 is 0 Å². The molecule has 0 amide bonds. The Balaban J connectivity index is 2.04. The Hall–Kier alpha value is -2.15. The summed E-state index contributed by atoms with van der Waals surface area (Å²) >= 11 is 0. The first kappa shape index (κ1) is 14.3. The predicted octanol–water partition coefficient (Wildman–Crippen LogP) is 1.25. The van der Waals surface area contributed by atoms with Crippen LogP contribution in [0.5, 0.6) is 0 Å². The smallest absolute Gasteiger partial charge is 0.148 e. The Bertz CT molecular complexity index is 576. The number of hydrazine groups is 1. The summed E-state index contributed by atoms with van der Waals surface area (Å²) in [5, 5.41) is 7.56. The zero-order valence-corrected chi connectivity index (χ0v) is 12.1. The van der Waals surface area contributed by atoms with Gasteiger partial charge in [0.2, 0.25) is 0 Å². The van der Waals surface area contributed by atoms with Crippen LogP contribution in [-0.2, 0) is 13.0 Å². The van der Waals surface area contributed by atoms with Crippen LogP contribution in [0.4, 0.5) is 11.6 Å². The van der Waals surface area contributed by atoms with Crippen molar-refractivity contribution in [3.8, 4) is 0 Å². The minimum absolute atomic E-state index is 0.661. The van der Waals surface area contributed by atoms with E-state index >= 15 is 0 Å². The molecule has 2 rings (SSSR count). The number of rotatable bonds is 6. The lowest BCUT2D eigenvalue weighted by Gasteiger charge is -2.13. The van der Waals surface area contributed by atoms with E-state index in [4.69, 9.17) is 5.84 Å². The lowest BCUT2D eigenvalue weighted by molar-refractivity contribution is 0.636. The van der Waals surface area contributed by atoms with Crippen molar-refractivity contribution >= 4 is 11.6 Å². The number of nitrogens with zero attached hydrogens (tertiary/aromatic N) is 4. The standard InChI is InChI=1S/C13H21N7/c1-4-11-17-12(10(3)13(18-11)19-14)15-5-6-20-8-9(2)7-16-20/h7-8H,4-6,14H2,1-3H3,(H2,15,17,18,19). The second kappa shape index (κ2) is 6.33. The Morgan fingerprint density at radius 3 is 2.60 bits per heavy atom. The normalized spacial score (nSPS) is 10.6. The zero-order valence-electron chi connectivity index (χ0n) is 12.1. The quantitative estimate of drug-likeness (QED) is 0.542. The number of hydrogen-bond acceptors (Lipinski definition) is 6. The molecule has 0 aliphatic rings. The van der Waals surface area contributed by atoms with Crippen LogP contribution >= 0.6 is 0 Å². The van der Waals surface area contributed by atoms with Crippen LogP contribution in [0.1, 0.15) is 23.9 Å². The van der Waals surface area contributed by atoms with Crippen LogP contribution in [0.25, 0.3) is 0 Å². The van der Waals surface area contributed by atoms with Crippen molar-refractivity contribution < 1.29 is 0 Å². The Morgan fingerprint density at radius 1 is 1.25 bits per heavy atom. The van der Waals surface area contributed by atoms with Gasteiger partial charge in [-0.2, -0.15) is 5.10 Å². The van der Waals surface area contributed by atoms with E-state index in [-0.39, 0.29) is 0 Å². The molecule has 0 saturated carbocycles. The molecule has 2 heterocycles. The Kier molecular flexibility index (Phi) is 4.52. The number of aryl methyl sites for hydroxylation is 2. The van der Waals surface area contributed by atoms with Gasteiger partial charge in [0.1, 0.15) is 17.5 Å². The van der Waals surface area contributed by atoms with Crippen LogP contribution in [0.2, 0.25) is 0 Å². The van der Waals surface area contributed by atoms with Crippen LogP contribution in [-0.4, -0.2) is 26.3 Å². The first-order valence-electron chi connectivity index (χ1n) is 6.71. The molecule has 0 unspecified atom stereocenters. The number of anilines is 2. The summed E-state index contributed by atoms with van der Waals surface area (Å²) in [7, 11) is 0. The molecule has 0 aromatic carbocycles. The van der Waals surface area contributed by atoms with Crippen LogP contribution in [0.15, 0.2) is 12.4 Å². The molecule has 2 aromatic heterocycles. The highest BCUT2D eigenvalue weighted by molar-refractivity contribution is 5.56. The van der Waals surface area contributed by atoms with E-state index in [2.05, 4.69) is 25.8 Å². The van der Waals surface area contributed by atoms with Gasteiger partial charge in [0, 0.05) is 24.7 Å². The number of aromatic nitrogens is 4. The van der Waals surface area contributed by atoms with Gasteiger partial charge in [0.25, 0.3) is 0 Å². The number of nitrogens with one attached hydrogen (secondary N) is 2. The summed E-state index contributed by atoms with van der Waals surface area (Å²) in [5.41, 5.74) is 4.69. The number of nitrogen functional groups attached to an aromatic ring is 1. The molecule has 4 N–H and O–H groups in total. The highest BCUT2D eigenvalue weighted by atomic mass is 15.3. The van der Waals surface area contributed by atoms with Gasteiger partial charge in [-0.3, -0.25) is 4.68 Å². The van der Waals surface area contributed by atoms with E-state index in [0.717, 1.165) is 42.3 Å². The summed E-state index contributed by atoms with van der Waals surface area (Å²) in [6.07, 6.45) is 4.63. The van der Waals surface area contributed by atoms with Gasteiger partial charge < -0.3 is 10.7 Å². The van der Waals surface area contributed by atoms with Crippen LogP contribution < -0.4 is 16.6 Å². The summed E-state index contributed by atoms with van der Waals surface area (Å²) in [4.78, 5) is 8.82. The molecule has 7 heteroatoms. The fraction of sp³-hybridized carbons (Fsp3) is 0.462. The maximum atomic E-state index is 5.48. The van der Waals surface area contributed by atoms with Gasteiger partial charge in [0.05, 0.1) is 12.7 Å². The summed E-state index contributed by atoms with van der Waals surface area (Å²) < 4.78 is 1.90. The molecule has 0 fully saturated rings. The van der Waals surface area contributed by atoms with Gasteiger partial charge in [-0.1, -0.05) is 6.92 Å². The van der Waals surface area contributed by atoms with E-state index in [1.165, 1.54) is 0 Å². The summed E-state index contributed by atoms with van der Waals surface area (Å²) in [6, 6.07) is 0. The van der Waals surface area contributed by atoms with Crippen LogP contribution in [0.3, 0.4) is 0 Å². The first-order chi connectivity index (χ1) is 9.63. The molecule has 7 nitrogen and oxygen atoms in total. The third-order valence-corrected chi connectivity index (χ3v) is 3.04. The topological polar surface area (TPSA) is 93.7 Å². The molecule has 0 bridgehead atoms. The average Bonchev–Trinajstić information content (AvgIpc) is 2.86. The molecule has 0 saturated heterocycles. The summed E-state index contributed by atoms with van der Waals surface area (Å²) in [5.74, 6) is 7.72. The van der Waals surface area contributed by atoms with Crippen molar-refractivity contribution in [2.45, 2.75) is 33.7 Å². The van der Waals surface area contributed by atoms with E-state index in [0.29, 0.717) is 5.82 Å². The minimum Gasteiger partial charge on any atom is -0.368 e. The van der Waals surface area contributed by atoms with Gasteiger partial charge in [-0.25, -0.2) is 15.8 Å². The van der Waals surface area contributed by atoms with Crippen molar-refractivity contribution in [1.29, 1.82) is 0 Å². The van der Waals surface area contributed by atoms with E-state index in [1.54, 1.807) is 0 Å². The highest BCUT2D eigenvalue weighted by Gasteiger charge is 2.09. The van der Waals surface area contributed by atoms with Crippen molar-refractivity contribution in [1.82, 2.24) is 19.7 Å². The second-order valence-corrected chi connectivity index (χ2v) is 4.67. The van der Waals surface area contributed by atoms with Crippen LogP contribution in [0, 0.1) is 13.8 Å².